The highest BCUT2D eigenvalue weighted by molar-refractivity contribution is 7.91. The highest BCUT2D eigenvalue weighted by Crippen LogP contribution is 2.33. The molecule has 1 saturated heterocycles. The van der Waals surface area contributed by atoms with Crippen molar-refractivity contribution in [1.29, 1.82) is 0 Å². The number of β-amino-alcohol motifs (C(OH)–C–C–N with tert-alkyl or cyclic N) is 1. The van der Waals surface area contributed by atoms with Gasteiger partial charge in [-0.05, 0) is 39.0 Å². The van der Waals surface area contributed by atoms with Gasteiger partial charge < -0.3 is 15.5 Å². The molecule has 0 aromatic rings. The number of aliphatic carboxylic acids is 1. The van der Waals surface area contributed by atoms with Gasteiger partial charge in [0.15, 0.2) is 9.84 Å². The summed E-state index contributed by atoms with van der Waals surface area (Å²) >= 11 is 0. The summed E-state index contributed by atoms with van der Waals surface area (Å²) in [6.07, 6.45) is 2.40. The summed E-state index contributed by atoms with van der Waals surface area (Å²) < 4.78 is 23.1. The van der Waals surface area contributed by atoms with Crippen LogP contribution in [0.3, 0.4) is 0 Å². The lowest BCUT2D eigenvalue weighted by molar-refractivity contribution is -0.144. The molecule has 0 amide bonds. The van der Waals surface area contributed by atoms with Gasteiger partial charge in [0.1, 0.15) is 0 Å². The quantitative estimate of drug-likeness (QED) is 0.683. The second kappa shape index (κ2) is 5.27. The van der Waals surface area contributed by atoms with E-state index in [1.807, 2.05) is 6.92 Å². The average Bonchev–Trinajstić information content (AvgIpc) is 2.63. The third-order valence-electron chi connectivity index (χ3n) is 4.61. The molecule has 2 rings (SSSR count). The monoisotopic (exact) mass is 305 g/mol. The summed E-state index contributed by atoms with van der Waals surface area (Å²) in [6, 6.07) is 0. The Bertz CT molecular complexity index is 481. The Hall–Kier alpha value is -0.660. The predicted octanol–water partition coefficient (Wildman–Crippen LogP) is 0.159. The number of carboxylic acid groups (broad SMARTS) is 1. The van der Waals surface area contributed by atoms with E-state index in [-0.39, 0.29) is 17.4 Å². The first-order valence-corrected chi connectivity index (χ1v) is 8.86. The van der Waals surface area contributed by atoms with Gasteiger partial charge in [-0.15, -0.1) is 0 Å². The molecule has 1 atom stereocenters. The van der Waals surface area contributed by atoms with Crippen molar-refractivity contribution >= 4 is 15.8 Å². The van der Waals surface area contributed by atoms with Gasteiger partial charge in [-0.2, -0.15) is 0 Å². The molecule has 2 fully saturated rings. The molecule has 1 heterocycles. The predicted molar refractivity (Wildman–Crippen MR) is 74.2 cm³/mol. The number of hydrogen-bond donors (Lipinski definition) is 3. The summed E-state index contributed by atoms with van der Waals surface area (Å²) in [5.41, 5.74) is -1.39. The fourth-order valence-electron chi connectivity index (χ4n) is 3.11. The van der Waals surface area contributed by atoms with Crippen molar-refractivity contribution in [3.63, 3.8) is 0 Å². The molecule has 2 aliphatic rings. The van der Waals surface area contributed by atoms with Gasteiger partial charge in [-0.25, -0.2) is 8.42 Å². The van der Waals surface area contributed by atoms with E-state index < -0.39 is 26.9 Å². The fraction of sp³-hybridized carbons (Fsp3) is 0.923. The van der Waals surface area contributed by atoms with Crippen LogP contribution in [0.15, 0.2) is 0 Å². The van der Waals surface area contributed by atoms with Gasteiger partial charge in [-0.3, -0.25) is 4.79 Å². The second-order valence-electron chi connectivity index (χ2n) is 6.59. The van der Waals surface area contributed by atoms with Crippen LogP contribution in [0.25, 0.3) is 0 Å². The van der Waals surface area contributed by atoms with Crippen molar-refractivity contribution in [2.24, 2.45) is 5.92 Å². The third kappa shape index (κ3) is 3.71. The summed E-state index contributed by atoms with van der Waals surface area (Å²) in [4.78, 5) is 10.9. The Morgan fingerprint density at radius 1 is 1.30 bits per heavy atom. The van der Waals surface area contributed by atoms with E-state index in [2.05, 4.69) is 5.32 Å². The Balaban J connectivity index is 1.87. The highest BCUT2D eigenvalue weighted by Gasteiger charge is 2.41. The average molecular weight is 305 g/mol. The molecule has 1 aliphatic heterocycles. The number of carbonyl (C=O) groups is 1. The maximum Gasteiger partial charge on any atom is 0.306 e. The first-order chi connectivity index (χ1) is 9.13. The molecule has 0 bridgehead atoms. The maximum absolute atomic E-state index is 11.5. The molecule has 3 N–H and O–H groups in total. The van der Waals surface area contributed by atoms with E-state index in [9.17, 15) is 18.3 Å². The van der Waals surface area contributed by atoms with Crippen LogP contribution in [0.4, 0.5) is 0 Å². The van der Waals surface area contributed by atoms with E-state index in [4.69, 9.17) is 5.11 Å². The van der Waals surface area contributed by atoms with Gasteiger partial charge in [0.25, 0.3) is 0 Å². The minimum absolute atomic E-state index is 0.105. The highest BCUT2D eigenvalue weighted by atomic mass is 32.2. The first-order valence-electron chi connectivity index (χ1n) is 7.04. The fourth-order valence-corrected chi connectivity index (χ4v) is 5.23. The topological polar surface area (TPSA) is 104 Å². The number of rotatable bonds is 4. The van der Waals surface area contributed by atoms with Gasteiger partial charge in [0.05, 0.1) is 23.0 Å². The zero-order valence-electron chi connectivity index (χ0n) is 11.8. The van der Waals surface area contributed by atoms with E-state index in [0.717, 1.165) is 0 Å². The minimum Gasteiger partial charge on any atom is -0.481 e. The van der Waals surface area contributed by atoms with Crippen LogP contribution < -0.4 is 5.32 Å². The Kier molecular flexibility index (Phi) is 4.15. The smallest absolute Gasteiger partial charge is 0.306 e. The SMILES string of the molecule is CC1(NCC2(O)CCC(C(=O)O)CC2)CCS(=O)(=O)C1. The van der Waals surface area contributed by atoms with E-state index in [0.29, 0.717) is 38.6 Å². The Labute approximate surface area is 119 Å². The number of sulfone groups is 1. The summed E-state index contributed by atoms with van der Waals surface area (Å²) in [6.45, 7) is 2.19. The van der Waals surface area contributed by atoms with Crippen LogP contribution >= 0.6 is 0 Å². The van der Waals surface area contributed by atoms with Crippen molar-refractivity contribution in [3.8, 4) is 0 Å². The molecule has 0 radical (unpaired) electrons. The van der Waals surface area contributed by atoms with Crippen LogP contribution in [-0.2, 0) is 14.6 Å². The van der Waals surface area contributed by atoms with E-state index in [1.165, 1.54) is 0 Å². The molecule has 7 heteroatoms. The Morgan fingerprint density at radius 2 is 1.90 bits per heavy atom. The van der Waals surface area contributed by atoms with Gasteiger partial charge in [0, 0.05) is 12.1 Å². The zero-order chi connectivity index (χ0) is 15.0. The molecule has 20 heavy (non-hydrogen) atoms. The molecule has 1 aliphatic carbocycles. The molecule has 6 nitrogen and oxygen atoms in total. The lowest BCUT2D eigenvalue weighted by Crippen LogP contribution is -2.52. The van der Waals surface area contributed by atoms with E-state index in [1.54, 1.807) is 0 Å². The van der Waals surface area contributed by atoms with Crippen LogP contribution in [0.2, 0.25) is 0 Å². The summed E-state index contributed by atoms with van der Waals surface area (Å²) in [5.74, 6) is -0.865. The first kappa shape index (κ1) is 15.7. The summed E-state index contributed by atoms with van der Waals surface area (Å²) in [7, 11) is -2.97. The minimum atomic E-state index is -2.97. The molecule has 0 aromatic heterocycles. The lowest BCUT2D eigenvalue weighted by atomic mass is 9.78. The number of aliphatic hydroxyl groups is 1. The van der Waals surface area contributed by atoms with Crippen molar-refractivity contribution in [2.75, 3.05) is 18.1 Å². The number of carboxylic acids is 1. The number of nitrogens with one attached hydrogen (secondary N) is 1. The lowest BCUT2D eigenvalue weighted by Gasteiger charge is -2.37. The molecular weight excluding hydrogens is 282 g/mol. The zero-order valence-corrected chi connectivity index (χ0v) is 12.6. The van der Waals surface area contributed by atoms with Crippen LogP contribution in [0.1, 0.15) is 39.0 Å². The number of hydrogen-bond acceptors (Lipinski definition) is 5. The van der Waals surface area contributed by atoms with Crippen molar-refractivity contribution in [2.45, 2.75) is 50.2 Å². The summed E-state index contributed by atoms with van der Waals surface area (Å²) in [5, 5.41) is 22.6. The third-order valence-corrected chi connectivity index (χ3v) is 6.52. The van der Waals surface area contributed by atoms with Crippen LogP contribution in [0.5, 0.6) is 0 Å². The standard InChI is InChI=1S/C13H23NO5S/c1-12(6-7-20(18,19)9-12)14-8-13(17)4-2-10(3-5-13)11(15)16/h10,14,17H,2-9H2,1H3,(H,15,16). The van der Waals surface area contributed by atoms with Crippen molar-refractivity contribution in [3.05, 3.63) is 0 Å². The molecular formula is C13H23NO5S. The molecule has 0 spiro atoms. The second-order valence-corrected chi connectivity index (χ2v) is 8.78. The maximum atomic E-state index is 11.5. The normalized spacial score (nSPS) is 40.6. The largest absolute Gasteiger partial charge is 0.481 e. The van der Waals surface area contributed by atoms with E-state index >= 15 is 0 Å². The van der Waals surface area contributed by atoms with Crippen LogP contribution in [-0.4, -0.2) is 53.8 Å². The molecule has 1 saturated carbocycles. The van der Waals surface area contributed by atoms with Crippen molar-refractivity contribution in [1.82, 2.24) is 5.32 Å². The molecule has 1 unspecified atom stereocenters. The molecule has 0 aromatic carbocycles. The van der Waals surface area contributed by atoms with Gasteiger partial charge in [0.2, 0.25) is 0 Å². The van der Waals surface area contributed by atoms with Gasteiger partial charge in [-0.1, -0.05) is 0 Å². The van der Waals surface area contributed by atoms with Crippen LogP contribution in [0, 0.1) is 5.92 Å². The van der Waals surface area contributed by atoms with Gasteiger partial charge >= 0.3 is 5.97 Å². The Morgan fingerprint density at radius 3 is 2.35 bits per heavy atom. The van der Waals surface area contributed by atoms with Crippen molar-refractivity contribution < 1.29 is 23.4 Å². The molecule has 116 valence electrons.